The van der Waals surface area contributed by atoms with Crippen LogP contribution in [0, 0.1) is 0 Å². The van der Waals surface area contributed by atoms with E-state index in [1.807, 2.05) is 0 Å². The average molecular weight is 339 g/mol. The number of carbonyl (C=O) groups is 1. The number of benzene rings is 1. The predicted octanol–water partition coefficient (Wildman–Crippen LogP) is 3.20. The van der Waals surface area contributed by atoms with Crippen molar-refractivity contribution >= 4 is 16.8 Å². The number of hydrogen-bond acceptors (Lipinski definition) is 2. The van der Waals surface area contributed by atoms with Crippen LogP contribution in [-0.2, 0) is 18.3 Å². The SMILES string of the molecule is Cn1cc(CC(=O)N2CCC[C@H]2CN2CCCCC2)c2ccccc21. The van der Waals surface area contributed by atoms with Gasteiger partial charge in [-0.25, -0.2) is 0 Å². The highest BCUT2D eigenvalue weighted by Gasteiger charge is 2.30. The lowest BCUT2D eigenvalue weighted by Crippen LogP contribution is -2.45. The van der Waals surface area contributed by atoms with E-state index in [4.69, 9.17) is 0 Å². The fourth-order valence-corrected chi connectivity index (χ4v) is 4.62. The second-order valence-corrected chi connectivity index (χ2v) is 7.70. The maximum absolute atomic E-state index is 13.0. The first-order valence-corrected chi connectivity index (χ1v) is 9.77. The number of aryl methyl sites for hydroxylation is 1. The second-order valence-electron chi connectivity index (χ2n) is 7.70. The Morgan fingerprint density at radius 2 is 1.88 bits per heavy atom. The predicted molar refractivity (Wildman–Crippen MR) is 102 cm³/mol. The van der Waals surface area contributed by atoms with Crippen LogP contribution in [-0.4, -0.2) is 52.5 Å². The monoisotopic (exact) mass is 339 g/mol. The number of para-hydroxylation sites is 1. The molecule has 0 N–H and O–H groups in total. The first-order valence-electron chi connectivity index (χ1n) is 9.77. The van der Waals surface area contributed by atoms with Gasteiger partial charge in [0.25, 0.3) is 0 Å². The quantitative estimate of drug-likeness (QED) is 0.856. The lowest BCUT2D eigenvalue weighted by molar-refractivity contribution is -0.131. The summed E-state index contributed by atoms with van der Waals surface area (Å²) >= 11 is 0. The van der Waals surface area contributed by atoms with Gasteiger partial charge in [-0.05, 0) is 50.4 Å². The number of aromatic nitrogens is 1. The molecule has 0 saturated carbocycles. The van der Waals surface area contributed by atoms with Gasteiger partial charge < -0.3 is 14.4 Å². The van der Waals surface area contributed by atoms with Crippen molar-refractivity contribution in [3.8, 4) is 0 Å². The van der Waals surface area contributed by atoms with Crippen LogP contribution in [0.3, 0.4) is 0 Å². The van der Waals surface area contributed by atoms with Crippen LogP contribution in [0.1, 0.15) is 37.7 Å². The number of nitrogens with zero attached hydrogens (tertiary/aromatic N) is 3. The van der Waals surface area contributed by atoms with Crippen molar-refractivity contribution in [1.29, 1.82) is 0 Å². The molecule has 2 aliphatic heterocycles. The molecule has 1 aromatic heterocycles. The maximum atomic E-state index is 13.0. The molecule has 0 spiro atoms. The number of rotatable bonds is 4. The fraction of sp³-hybridized carbons (Fsp3) is 0.571. The van der Waals surface area contributed by atoms with Gasteiger partial charge >= 0.3 is 0 Å². The average Bonchev–Trinajstić information content (AvgIpc) is 3.21. The van der Waals surface area contributed by atoms with Gasteiger partial charge in [0.1, 0.15) is 0 Å². The van der Waals surface area contributed by atoms with Crippen molar-refractivity contribution in [3.63, 3.8) is 0 Å². The number of fused-ring (bicyclic) bond motifs is 1. The summed E-state index contributed by atoms with van der Waals surface area (Å²) < 4.78 is 2.13. The molecule has 1 amide bonds. The highest BCUT2D eigenvalue weighted by molar-refractivity contribution is 5.89. The molecule has 2 fully saturated rings. The Bertz CT molecular complexity index is 745. The van der Waals surface area contributed by atoms with E-state index < -0.39 is 0 Å². The summed E-state index contributed by atoms with van der Waals surface area (Å²) in [5, 5.41) is 1.21. The van der Waals surface area contributed by atoms with Crippen molar-refractivity contribution < 1.29 is 4.79 Å². The normalized spacial score (nSPS) is 22.0. The highest BCUT2D eigenvalue weighted by Crippen LogP contribution is 2.24. The molecular weight excluding hydrogens is 310 g/mol. The zero-order valence-corrected chi connectivity index (χ0v) is 15.3. The van der Waals surface area contributed by atoms with E-state index in [2.05, 4.69) is 51.9 Å². The van der Waals surface area contributed by atoms with E-state index in [1.54, 1.807) is 0 Å². The fourth-order valence-electron chi connectivity index (χ4n) is 4.62. The maximum Gasteiger partial charge on any atom is 0.227 e. The summed E-state index contributed by atoms with van der Waals surface area (Å²) in [6, 6.07) is 8.79. The van der Waals surface area contributed by atoms with Crippen LogP contribution in [0.25, 0.3) is 10.9 Å². The minimum absolute atomic E-state index is 0.302. The van der Waals surface area contributed by atoms with Crippen LogP contribution in [0.4, 0.5) is 0 Å². The third-order valence-corrected chi connectivity index (χ3v) is 5.94. The van der Waals surface area contributed by atoms with Gasteiger partial charge in [0, 0.05) is 43.3 Å². The lowest BCUT2D eigenvalue weighted by Gasteiger charge is -2.33. The summed E-state index contributed by atoms with van der Waals surface area (Å²) in [5.41, 5.74) is 2.36. The first kappa shape index (κ1) is 16.6. The van der Waals surface area contributed by atoms with Gasteiger partial charge in [0.2, 0.25) is 5.91 Å². The van der Waals surface area contributed by atoms with Crippen LogP contribution in [0.2, 0.25) is 0 Å². The van der Waals surface area contributed by atoms with Gasteiger partial charge in [-0.3, -0.25) is 4.79 Å². The number of hydrogen-bond donors (Lipinski definition) is 0. The Kier molecular flexibility index (Phi) is 4.80. The molecule has 0 unspecified atom stereocenters. The third kappa shape index (κ3) is 3.45. The van der Waals surface area contributed by atoms with Crippen LogP contribution < -0.4 is 0 Å². The van der Waals surface area contributed by atoms with E-state index in [9.17, 15) is 4.79 Å². The Morgan fingerprint density at radius 3 is 2.72 bits per heavy atom. The van der Waals surface area contributed by atoms with Gasteiger partial charge in [0.15, 0.2) is 0 Å². The number of carbonyl (C=O) groups excluding carboxylic acids is 1. The molecular formula is C21H29N3O. The van der Waals surface area contributed by atoms with Crippen molar-refractivity contribution in [2.45, 2.75) is 44.6 Å². The minimum atomic E-state index is 0.302. The minimum Gasteiger partial charge on any atom is -0.350 e. The smallest absolute Gasteiger partial charge is 0.227 e. The summed E-state index contributed by atoms with van der Waals surface area (Å²) in [7, 11) is 2.06. The van der Waals surface area contributed by atoms with Crippen LogP contribution in [0.5, 0.6) is 0 Å². The number of likely N-dealkylation sites (tertiary alicyclic amines) is 2. The largest absolute Gasteiger partial charge is 0.350 e. The third-order valence-electron chi connectivity index (χ3n) is 5.94. The Morgan fingerprint density at radius 1 is 1.08 bits per heavy atom. The van der Waals surface area contributed by atoms with E-state index in [0.717, 1.165) is 31.5 Å². The van der Waals surface area contributed by atoms with Crippen LogP contribution in [0.15, 0.2) is 30.5 Å². The molecule has 0 radical (unpaired) electrons. The summed E-state index contributed by atoms with van der Waals surface area (Å²) in [5.74, 6) is 0.302. The zero-order valence-electron chi connectivity index (χ0n) is 15.3. The molecule has 0 aliphatic carbocycles. The summed E-state index contributed by atoms with van der Waals surface area (Å²) in [6.45, 7) is 4.42. The topological polar surface area (TPSA) is 28.5 Å². The van der Waals surface area contributed by atoms with E-state index in [1.165, 1.54) is 43.3 Å². The Labute approximate surface area is 150 Å². The van der Waals surface area contributed by atoms with E-state index in [0.29, 0.717) is 18.4 Å². The molecule has 1 atom stereocenters. The van der Waals surface area contributed by atoms with Gasteiger partial charge in [0.05, 0.1) is 6.42 Å². The highest BCUT2D eigenvalue weighted by atomic mass is 16.2. The van der Waals surface area contributed by atoms with Gasteiger partial charge in [-0.2, -0.15) is 0 Å². The van der Waals surface area contributed by atoms with E-state index >= 15 is 0 Å². The molecule has 25 heavy (non-hydrogen) atoms. The van der Waals surface area contributed by atoms with Crippen molar-refractivity contribution in [3.05, 3.63) is 36.0 Å². The van der Waals surface area contributed by atoms with Crippen molar-refractivity contribution in [2.75, 3.05) is 26.2 Å². The first-order chi connectivity index (χ1) is 12.2. The zero-order chi connectivity index (χ0) is 17.2. The molecule has 1 aromatic carbocycles. The van der Waals surface area contributed by atoms with Crippen LogP contribution >= 0.6 is 0 Å². The molecule has 4 rings (SSSR count). The molecule has 134 valence electrons. The lowest BCUT2D eigenvalue weighted by atomic mass is 10.1. The summed E-state index contributed by atoms with van der Waals surface area (Å²) in [4.78, 5) is 17.7. The molecule has 4 nitrogen and oxygen atoms in total. The second kappa shape index (κ2) is 7.20. The number of amides is 1. The van der Waals surface area contributed by atoms with Crippen molar-refractivity contribution in [1.82, 2.24) is 14.4 Å². The van der Waals surface area contributed by atoms with Crippen molar-refractivity contribution in [2.24, 2.45) is 7.05 Å². The summed E-state index contributed by atoms with van der Waals surface area (Å²) in [6.07, 6.45) is 8.96. The molecule has 2 saturated heterocycles. The Balaban J connectivity index is 1.45. The molecule has 2 aromatic rings. The Hall–Kier alpha value is -1.81. The molecule has 0 bridgehead atoms. The van der Waals surface area contributed by atoms with E-state index in [-0.39, 0.29) is 0 Å². The molecule has 4 heteroatoms. The molecule has 2 aliphatic rings. The standard InChI is InChI=1S/C21H29N3O/c1-22-15-17(19-9-3-4-10-20(19)22)14-21(25)24-13-7-8-18(24)16-23-11-5-2-6-12-23/h3-4,9-10,15,18H,2,5-8,11-14,16H2,1H3/t18-/m0/s1. The van der Waals surface area contributed by atoms with Gasteiger partial charge in [-0.15, -0.1) is 0 Å². The van der Waals surface area contributed by atoms with Gasteiger partial charge in [-0.1, -0.05) is 24.6 Å². The molecule has 3 heterocycles. The number of piperidine rings is 1.